The van der Waals surface area contributed by atoms with Crippen LogP contribution in [0.2, 0.25) is 0 Å². The van der Waals surface area contributed by atoms with E-state index in [9.17, 15) is 0 Å². The van der Waals surface area contributed by atoms with E-state index in [-0.39, 0.29) is 0 Å². The molecular formula is C15H24N2O2. The topological polar surface area (TPSA) is 58.7 Å². The molecule has 1 saturated heterocycles. The second-order valence-electron chi connectivity index (χ2n) is 5.24. The summed E-state index contributed by atoms with van der Waals surface area (Å²) in [5.41, 5.74) is 6.39. The van der Waals surface area contributed by atoms with Crippen molar-refractivity contribution in [2.75, 3.05) is 38.6 Å². The van der Waals surface area contributed by atoms with Gasteiger partial charge < -0.3 is 15.6 Å². The molecule has 4 heteroatoms. The van der Waals surface area contributed by atoms with Gasteiger partial charge >= 0.3 is 0 Å². The number of nitrogens with two attached hydrogens (primary N) is 1. The molecule has 1 unspecified atom stereocenters. The second-order valence-corrected chi connectivity index (χ2v) is 5.24. The zero-order valence-corrected chi connectivity index (χ0v) is 11.4. The SMILES string of the molecule is Nc1ccc(OCCN2CCCC(CCO)C2)cc1. The zero-order valence-electron chi connectivity index (χ0n) is 11.4. The van der Waals surface area contributed by atoms with E-state index in [0.717, 1.165) is 37.5 Å². The summed E-state index contributed by atoms with van der Waals surface area (Å²) in [6.07, 6.45) is 3.40. The number of piperidine rings is 1. The number of ether oxygens (including phenoxy) is 1. The summed E-state index contributed by atoms with van der Waals surface area (Å²) in [5, 5.41) is 9.00. The lowest BCUT2D eigenvalue weighted by molar-refractivity contribution is 0.129. The number of aliphatic hydroxyl groups excluding tert-OH is 1. The molecule has 0 radical (unpaired) electrons. The maximum Gasteiger partial charge on any atom is 0.119 e. The minimum Gasteiger partial charge on any atom is -0.492 e. The summed E-state index contributed by atoms with van der Waals surface area (Å²) in [7, 11) is 0. The molecule has 106 valence electrons. The van der Waals surface area contributed by atoms with Crippen LogP contribution in [-0.4, -0.2) is 42.9 Å². The van der Waals surface area contributed by atoms with Gasteiger partial charge in [0.25, 0.3) is 0 Å². The van der Waals surface area contributed by atoms with Crippen LogP contribution in [0.4, 0.5) is 5.69 Å². The molecular weight excluding hydrogens is 240 g/mol. The molecule has 0 amide bonds. The van der Waals surface area contributed by atoms with Crippen molar-refractivity contribution in [3.63, 3.8) is 0 Å². The Hall–Kier alpha value is -1.26. The highest BCUT2D eigenvalue weighted by Crippen LogP contribution is 2.19. The van der Waals surface area contributed by atoms with Crippen molar-refractivity contribution in [1.82, 2.24) is 4.90 Å². The van der Waals surface area contributed by atoms with Crippen molar-refractivity contribution in [2.24, 2.45) is 5.92 Å². The number of aliphatic hydroxyl groups is 1. The van der Waals surface area contributed by atoms with E-state index in [1.54, 1.807) is 0 Å². The molecule has 1 aromatic rings. The standard InChI is InChI=1S/C15H24N2O2/c16-14-3-5-15(6-4-14)19-11-9-17-8-1-2-13(12-17)7-10-18/h3-6,13,18H,1-2,7-12,16H2. The summed E-state index contributed by atoms with van der Waals surface area (Å²) in [6.45, 7) is 4.20. The average Bonchev–Trinajstić information content (AvgIpc) is 2.42. The van der Waals surface area contributed by atoms with Gasteiger partial charge in [0, 0.05) is 25.4 Å². The molecule has 2 rings (SSSR count). The lowest BCUT2D eigenvalue weighted by atomic mass is 9.95. The number of nitrogens with zero attached hydrogens (tertiary/aromatic N) is 1. The number of hydrogen-bond acceptors (Lipinski definition) is 4. The normalized spacial score (nSPS) is 20.4. The largest absolute Gasteiger partial charge is 0.492 e. The van der Waals surface area contributed by atoms with Crippen LogP contribution in [0, 0.1) is 5.92 Å². The van der Waals surface area contributed by atoms with Gasteiger partial charge in [-0.3, -0.25) is 4.90 Å². The molecule has 1 aromatic carbocycles. The number of rotatable bonds is 6. The van der Waals surface area contributed by atoms with Gasteiger partial charge in [0.1, 0.15) is 12.4 Å². The van der Waals surface area contributed by atoms with E-state index in [1.807, 2.05) is 24.3 Å². The first-order valence-electron chi connectivity index (χ1n) is 7.09. The Bertz CT molecular complexity index is 365. The summed E-state index contributed by atoms with van der Waals surface area (Å²) in [5.74, 6) is 1.52. The molecule has 0 spiro atoms. The molecule has 4 nitrogen and oxygen atoms in total. The molecule has 1 aliphatic heterocycles. The summed E-state index contributed by atoms with van der Waals surface area (Å²) in [4.78, 5) is 2.43. The Balaban J connectivity index is 1.69. The van der Waals surface area contributed by atoms with Crippen molar-refractivity contribution in [3.05, 3.63) is 24.3 Å². The molecule has 1 aliphatic rings. The quantitative estimate of drug-likeness (QED) is 0.768. The van der Waals surface area contributed by atoms with E-state index in [0.29, 0.717) is 19.1 Å². The van der Waals surface area contributed by atoms with E-state index in [1.165, 1.54) is 12.8 Å². The summed E-state index contributed by atoms with van der Waals surface area (Å²) < 4.78 is 5.71. The molecule has 1 fully saturated rings. The fraction of sp³-hybridized carbons (Fsp3) is 0.600. The van der Waals surface area contributed by atoms with E-state index < -0.39 is 0 Å². The van der Waals surface area contributed by atoms with Crippen molar-refractivity contribution in [3.8, 4) is 5.75 Å². The van der Waals surface area contributed by atoms with Gasteiger partial charge in [-0.15, -0.1) is 0 Å². The predicted molar refractivity (Wildman–Crippen MR) is 77.2 cm³/mol. The third-order valence-corrected chi connectivity index (χ3v) is 3.70. The third kappa shape index (κ3) is 4.73. The van der Waals surface area contributed by atoms with Crippen molar-refractivity contribution in [1.29, 1.82) is 0 Å². The van der Waals surface area contributed by atoms with E-state index >= 15 is 0 Å². The molecule has 0 saturated carbocycles. The lowest BCUT2D eigenvalue weighted by Gasteiger charge is -2.32. The highest BCUT2D eigenvalue weighted by Gasteiger charge is 2.18. The molecule has 0 aromatic heterocycles. The van der Waals surface area contributed by atoms with Gasteiger partial charge in [0.2, 0.25) is 0 Å². The first kappa shape index (κ1) is 14.2. The Morgan fingerprint density at radius 1 is 1.32 bits per heavy atom. The maximum absolute atomic E-state index is 9.00. The zero-order chi connectivity index (χ0) is 13.5. The van der Waals surface area contributed by atoms with Gasteiger partial charge in [-0.05, 0) is 56.0 Å². The number of hydrogen-bond donors (Lipinski definition) is 2. The first-order chi connectivity index (χ1) is 9.28. The van der Waals surface area contributed by atoms with Crippen LogP contribution in [0.25, 0.3) is 0 Å². The van der Waals surface area contributed by atoms with E-state index in [2.05, 4.69) is 4.90 Å². The fourth-order valence-electron chi connectivity index (χ4n) is 2.63. The van der Waals surface area contributed by atoms with Gasteiger partial charge in [-0.25, -0.2) is 0 Å². The van der Waals surface area contributed by atoms with Crippen molar-refractivity contribution < 1.29 is 9.84 Å². The fourth-order valence-corrected chi connectivity index (χ4v) is 2.63. The van der Waals surface area contributed by atoms with Crippen LogP contribution in [0.1, 0.15) is 19.3 Å². The van der Waals surface area contributed by atoms with Crippen LogP contribution >= 0.6 is 0 Å². The van der Waals surface area contributed by atoms with Gasteiger partial charge in [-0.1, -0.05) is 0 Å². The molecule has 0 aliphatic carbocycles. The number of benzene rings is 1. The van der Waals surface area contributed by atoms with Crippen LogP contribution in [0.15, 0.2) is 24.3 Å². The van der Waals surface area contributed by atoms with Gasteiger partial charge in [-0.2, -0.15) is 0 Å². The predicted octanol–water partition coefficient (Wildman–Crippen LogP) is 1.74. The Morgan fingerprint density at radius 3 is 2.84 bits per heavy atom. The molecule has 3 N–H and O–H groups in total. The maximum atomic E-state index is 9.00. The number of likely N-dealkylation sites (tertiary alicyclic amines) is 1. The molecule has 1 atom stereocenters. The molecule has 1 heterocycles. The van der Waals surface area contributed by atoms with E-state index in [4.69, 9.17) is 15.6 Å². The average molecular weight is 264 g/mol. The monoisotopic (exact) mass is 264 g/mol. The van der Waals surface area contributed by atoms with Crippen molar-refractivity contribution >= 4 is 5.69 Å². The Labute approximate surface area is 115 Å². The smallest absolute Gasteiger partial charge is 0.119 e. The molecule has 19 heavy (non-hydrogen) atoms. The van der Waals surface area contributed by atoms with Crippen LogP contribution < -0.4 is 10.5 Å². The summed E-state index contributed by atoms with van der Waals surface area (Å²) in [6, 6.07) is 7.52. The minimum absolute atomic E-state index is 0.306. The Morgan fingerprint density at radius 2 is 2.11 bits per heavy atom. The lowest BCUT2D eigenvalue weighted by Crippen LogP contribution is -2.38. The van der Waals surface area contributed by atoms with Gasteiger partial charge in [0.05, 0.1) is 0 Å². The highest BCUT2D eigenvalue weighted by atomic mass is 16.5. The summed E-state index contributed by atoms with van der Waals surface area (Å²) >= 11 is 0. The highest BCUT2D eigenvalue weighted by molar-refractivity contribution is 5.41. The Kier molecular flexibility index (Phi) is 5.48. The third-order valence-electron chi connectivity index (χ3n) is 3.70. The number of anilines is 1. The molecule has 0 bridgehead atoms. The van der Waals surface area contributed by atoms with Crippen LogP contribution in [0.5, 0.6) is 5.75 Å². The van der Waals surface area contributed by atoms with Gasteiger partial charge in [0.15, 0.2) is 0 Å². The van der Waals surface area contributed by atoms with Crippen LogP contribution in [0.3, 0.4) is 0 Å². The van der Waals surface area contributed by atoms with Crippen molar-refractivity contribution in [2.45, 2.75) is 19.3 Å². The second kappa shape index (κ2) is 7.36. The van der Waals surface area contributed by atoms with Crippen LogP contribution in [-0.2, 0) is 0 Å². The minimum atomic E-state index is 0.306. The first-order valence-corrected chi connectivity index (χ1v) is 7.09. The number of nitrogen functional groups attached to an aromatic ring is 1.